The number of nitrogens with zero attached hydrogens (tertiary/aromatic N) is 1. The number of anilines is 1. The number of para-hydroxylation sites is 1. The Morgan fingerprint density at radius 1 is 1.35 bits per heavy atom. The maximum absolute atomic E-state index is 11.5. The van der Waals surface area contributed by atoms with E-state index in [1.807, 2.05) is 18.2 Å². The van der Waals surface area contributed by atoms with Crippen LogP contribution in [0.4, 0.5) is 5.13 Å². The van der Waals surface area contributed by atoms with Crippen LogP contribution in [0.5, 0.6) is 5.75 Å². The van der Waals surface area contributed by atoms with Crippen LogP contribution in [0.25, 0.3) is 0 Å². The van der Waals surface area contributed by atoms with Gasteiger partial charge in [0, 0.05) is 0 Å². The van der Waals surface area contributed by atoms with E-state index in [2.05, 4.69) is 10.3 Å². The fourth-order valence-electron chi connectivity index (χ4n) is 1.07. The van der Waals surface area contributed by atoms with E-state index in [9.17, 15) is 4.79 Å². The van der Waals surface area contributed by atoms with Crippen molar-refractivity contribution in [3.63, 3.8) is 0 Å². The molecule has 0 bridgehead atoms. The molecule has 2 rings (SSSR count). The topological polar surface area (TPSA) is 51.2 Å². The van der Waals surface area contributed by atoms with Crippen LogP contribution in [0.15, 0.2) is 30.3 Å². The number of hydrogen-bond donors (Lipinski definition) is 1. The average Bonchev–Trinajstić information content (AvgIpc) is 2.73. The Balaban J connectivity index is 1.84. The summed E-state index contributed by atoms with van der Waals surface area (Å²) in [6.07, 6.45) is 0. The number of benzene rings is 1. The van der Waals surface area contributed by atoms with E-state index in [1.54, 1.807) is 12.1 Å². The van der Waals surface area contributed by atoms with Gasteiger partial charge in [0.2, 0.25) is 5.13 Å². The van der Waals surface area contributed by atoms with Gasteiger partial charge >= 0.3 is 0 Å². The van der Waals surface area contributed by atoms with Crippen molar-refractivity contribution < 1.29 is 9.53 Å². The van der Waals surface area contributed by atoms with Crippen molar-refractivity contribution in [3.8, 4) is 5.75 Å². The Bertz CT molecular complexity index is 550. The van der Waals surface area contributed by atoms with Crippen LogP contribution in [0.3, 0.4) is 0 Å². The van der Waals surface area contributed by atoms with E-state index in [4.69, 9.17) is 17.0 Å². The summed E-state index contributed by atoms with van der Waals surface area (Å²) in [6, 6.07) is 9.16. The first-order valence-electron chi connectivity index (χ1n) is 4.69. The second-order valence-corrected chi connectivity index (χ2v) is 5.75. The van der Waals surface area contributed by atoms with Gasteiger partial charge < -0.3 is 4.74 Å². The molecular weight excluding hydrogens is 276 g/mol. The Morgan fingerprint density at radius 3 is 2.76 bits per heavy atom. The average molecular weight is 284 g/mol. The molecular formula is C10H8N2O2S3. The number of aromatic nitrogens is 1. The summed E-state index contributed by atoms with van der Waals surface area (Å²) in [7, 11) is 2.69. The molecule has 1 N–H and O–H groups in total. The molecule has 0 saturated carbocycles. The Labute approximate surface area is 110 Å². The second kappa shape index (κ2) is 5.85. The van der Waals surface area contributed by atoms with Gasteiger partial charge in [-0.05, 0) is 45.0 Å². The molecule has 0 saturated heterocycles. The lowest BCUT2D eigenvalue weighted by Gasteiger charge is -2.04. The molecule has 88 valence electrons. The third-order valence-corrected chi connectivity index (χ3v) is 4.27. The van der Waals surface area contributed by atoms with Crippen LogP contribution in [0.2, 0.25) is 0 Å². The molecule has 0 unspecified atom stereocenters. The minimum Gasteiger partial charge on any atom is -0.484 e. The molecule has 0 radical (unpaired) electrons. The molecule has 7 heteroatoms. The number of carbonyl (C=O) groups excluding carboxylic acids is 1. The first kappa shape index (κ1) is 12.2. The Kier molecular flexibility index (Phi) is 4.18. The molecule has 0 aliphatic rings. The number of amides is 1. The normalized spacial score (nSPS) is 9.88. The number of carbonyl (C=O) groups is 1. The van der Waals surface area contributed by atoms with Gasteiger partial charge in [-0.2, -0.15) is 4.98 Å². The quantitative estimate of drug-likeness (QED) is 0.693. The Hall–Kier alpha value is -1.31. The van der Waals surface area contributed by atoms with Gasteiger partial charge in [0.1, 0.15) is 5.75 Å². The van der Waals surface area contributed by atoms with Crippen LogP contribution in [-0.2, 0) is 4.79 Å². The number of nitrogens with one attached hydrogen (secondary N) is 1. The fraction of sp³-hybridized carbons (Fsp3) is 0.100. The van der Waals surface area contributed by atoms with Gasteiger partial charge in [0.25, 0.3) is 5.91 Å². The second-order valence-electron chi connectivity index (χ2n) is 3.00. The zero-order valence-corrected chi connectivity index (χ0v) is 11.0. The number of rotatable bonds is 4. The maximum atomic E-state index is 11.5. The number of hydrogen-bond acceptors (Lipinski definition) is 6. The van der Waals surface area contributed by atoms with Crippen LogP contribution in [-0.4, -0.2) is 17.5 Å². The molecule has 0 spiro atoms. The van der Waals surface area contributed by atoms with Crippen LogP contribution < -0.4 is 10.1 Å². The lowest BCUT2D eigenvalue weighted by molar-refractivity contribution is -0.118. The van der Waals surface area contributed by atoms with Crippen molar-refractivity contribution in [2.45, 2.75) is 0 Å². The van der Waals surface area contributed by atoms with Gasteiger partial charge in [-0.3, -0.25) is 10.1 Å². The van der Waals surface area contributed by atoms with Crippen LogP contribution >= 0.6 is 32.9 Å². The first-order valence-corrected chi connectivity index (χ1v) is 7.25. The molecule has 2 aromatic rings. The summed E-state index contributed by atoms with van der Waals surface area (Å²) in [5.41, 5.74) is 0. The van der Waals surface area contributed by atoms with Crippen molar-refractivity contribution in [3.05, 3.63) is 34.3 Å². The van der Waals surface area contributed by atoms with Gasteiger partial charge in [-0.15, -0.1) is 0 Å². The molecule has 1 amide bonds. The zero-order chi connectivity index (χ0) is 12.1. The zero-order valence-electron chi connectivity index (χ0n) is 8.58. The summed E-state index contributed by atoms with van der Waals surface area (Å²) in [4.78, 5) is 15.5. The summed E-state index contributed by atoms with van der Waals surface area (Å²) < 4.78 is 5.81. The van der Waals surface area contributed by atoms with Crippen LogP contribution in [0, 0.1) is 3.95 Å². The molecule has 17 heavy (non-hydrogen) atoms. The largest absolute Gasteiger partial charge is 0.484 e. The smallest absolute Gasteiger partial charge is 0.264 e. The molecule has 0 aliphatic heterocycles. The van der Waals surface area contributed by atoms with E-state index < -0.39 is 0 Å². The SMILES string of the molecule is O=C(COc1ccccc1)Nc1nc(=S)ss1. The van der Waals surface area contributed by atoms with Gasteiger partial charge in [-0.1, -0.05) is 18.2 Å². The summed E-state index contributed by atoms with van der Waals surface area (Å²) in [5, 5.41) is 3.14. The fourth-order valence-corrected chi connectivity index (χ4v) is 2.94. The third-order valence-electron chi connectivity index (χ3n) is 1.74. The minimum absolute atomic E-state index is 0.0407. The molecule has 1 aromatic carbocycles. The maximum Gasteiger partial charge on any atom is 0.264 e. The van der Waals surface area contributed by atoms with Crippen molar-refractivity contribution >= 4 is 43.9 Å². The molecule has 1 aromatic heterocycles. The van der Waals surface area contributed by atoms with Crippen molar-refractivity contribution in [1.82, 2.24) is 4.98 Å². The lowest BCUT2D eigenvalue weighted by Crippen LogP contribution is -2.19. The van der Waals surface area contributed by atoms with Crippen molar-refractivity contribution in [2.75, 3.05) is 11.9 Å². The summed E-state index contributed by atoms with van der Waals surface area (Å²) >= 11 is 4.86. The predicted octanol–water partition coefficient (Wildman–Crippen LogP) is 2.95. The predicted molar refractivity (Wildman–Crippen MR) is 71.4 cm³/mol. The van der Waals surface area contributed by atoms with Gasteiger partial charge in [-0.25, -0.2) is 0 Å². The number of ether oxygens (including phenoxy) is 1. The first-order chi connectivity index (χ1) is 8.24. The van der Waals surface area contributed by atoms with Crippen molar-refractivity contribution in [1.29, 1.82) is 0 Å². The molecule has 0 atom stereocenters. The molecule has 4 nitrogen and oxygen atoms in total. The molecule has 0 aliphatic carbocycles. The highest BCUT2D eigenvalue weighted by Gasteiger charge is 2.05. The summed E-state index contributed by atoms with van der Waals surface area (Å²) in [6.45, 7) is -0.0407. The summed E-state index contributed by atoms with van der Waals surface area (Å²) in [5.74, 6) is 0.416. The van der Waals surface area contributed by atoms with E-state index in [0.29, 0.717) is 14.8 Å². The monoisotopic (exact) mass is 284 g/mol. The van der Waals surface area contributed by atoms with Crippen LogP contribution in [0.1, 0.15) is 0 Å². The van der Waals surface area contributed by atoms with E-state index in [1.165, 1.54) is 20.7 Å². The molecule has 0 fully saturated rings. The lowest BCUT2D eigenvalue weighted by atomic mass is 10.3. The highest BCUT2D eigenvalue weighted by molar-refractivity contribution is 7.79. The van der Waals surface area contributed by atoms with Gasteiger partial charge in [0.15, 0.2) is 10.6 Å². The van der Waals surface area contributed by atoms with Gasteiger partial charge in [0.05, 0.1) is 0 Å². The molecule has 1 heterocycles. The van der Waals surface area contributed by atoms with E-state index in [0.717, 1.165) is 0 Å². The van der Waals surface area contributed by atoms with Crippen molar-refractivity contribution in [2.24, 2.45) is 0 Å². The minimum atomic E-state index is -0.245. The van der Waals surface area contributed by atoms with E-state index >= 15 is 0 Å². The standard InChI is InChI=1S/C10H8N2O2S3/c13-8(11-9-12-10(15)17-16-9)6-14-7-4-2-1-3-5-7/h1-5H,6H2,(H,11,12,13,15). The highest BCUT2D eigenvalue weighted by atomic mass is 32.9. The third kappa shape index (κ3) is 3.88. The van der Waals surface area contributed by atoms with E-state index in [-0.39, 0.29) is 12.5 Å². The highest BCUT2D eigenvalue weighted by Crippen LogP contribution is 2.18. The Morgan fingerprint density at radius 2 is 2.12 bits per heavy atom.